The minimum Gasteiger partial charge on any atom is -0.497 e. The molecule has 2 N–H and O–H groups in total. The molecule has 20 heavy (non-hydrogen) atoms. The summed E-state index contributed by atoms with van der Waals surface area (Å²) >= 11 is 1.82. The van der Waals surface area contributed by atoms with Crippen molar-refractivity contribution < 1.29 is 4.74 Å². The van der Waals surface area contributed by atoms with E-state index in [1.165, 1.54) is 5.56 Å². The number of hydrogen-bond donors (Lipinski definition) is 2. The summed E-state index contributed by atoms with van der Waals surface area (Å²) in [4.78, 5) is 4.18. The van der Waals surface area contributed by atoms with Gasteiger partial charge in [0.1, 0.15) is 5.75 Å². The molecule has 0 amide bonds. The maximum Gasteiger partial charge on any atom is 0.191 e. The Bertz CT molecular complexity index is 385. The highest BCUT2D eigenvalue weighted by molar-refractivity contribution is 14.0. The van der Waals surface area contributed by atoms with Gasteiger partial charge in [-0.3, -0.25) is 4.99 Å². The predicted molar refractivity (Wildman–Crippen MR) is 99.9 cm³/mol. The third kappa shape index (κ3) is 7.84. The van der Waals surface area contributed by atoms with Crippen LogP contribution in [0.3, 0.4) is 0 Å². The maximum absolute atomic E-state index is 5.14. The summed E-state index contributed by atoms with van der Waals surface area (Å²) in [6, 6.07) is 8.15. The fourth-order valence-electron chi connectivity index (χ4n) is 1.61. The number of benzene rings is 1. The van der Waals surface area contributed by atoms with E-state index < -0.39 is 0 Å². The number of aliphatic imine (C=N–C) groups is 1. The largest absolute Gasteiger partial charge is 0.497 e. The molecule has 0 aromatic heterocycles. The average molecular weight is 409 g/mol. The lowest BCUT2D eigenvalue weighted by Gasteiger charge is -2.11. The Hall–Kier alpha value is -0.630. The van der Waals surface area contributed by atoms with E-state index in [-0.39, 0.29) is 24.0 Å². The summed E-state index contributed by atoms with van der Waals surface area (Å²) in [7, 11) is 3.47. The van der Waals surface area contributed by atoms with Gasteiger partial charge in [-0.25, -0.2) is 0 Å². The van der Waals surface area contributed by atoms with Gasteiger partial charge in [-0.2, -0.15) is 11.8 Å². The van der Waals surface area contributed by atoms with Crippen molar-refractivity contribution in [2.75, 3.05) is 39.3 Å². The van der Waals surface area contributed by atoms with Gasteiger partial charge in [0.2, 0.25) is 0 Å². The first-order chi connectivity index (χ1) is 9.30. The van der Waals surface area contributed by atoms with Gasteiger partial charge < -0.3 is 15.4 Å². The van der Waals surface area contributed by atoms with Gasteiger partial charge in [0.05, 0.1) is 7.11 Å². The van der Waals surface area contributed by atoms with Gasteiger partial charge in [-0.1, -0.05) is 12.1 Å². The quantitative estimate of drug-likeness (QED) is 0.314. The molecule has 4 nitrogen and oxygen atoms in total. The third-order valence-electron chi connectivity index (χ3n) is 2.69. The first kappa shape index (κ1) is 19.4. The Labute approximate surface area is 143 Å². The summed E-state index contributed by atoms with van der Waals surface area (Å²) in [5.41, 5.74) is 1.29. The van der Waals surface area contributed by atoms with Crippen LogP contribution in [0.4, 0.5) is 0 Å². The number of hydrogen-bond acceptors (Lipinski definition) is 3. The number of halogens is 1. The van der Waals surface area contributed by atoms with E-state index in [1.54, 1.807) is 14.2 Å². The summed E-state index contributed by atoms with van der Waals surface area (Å²) in [6.45, 7) is 1.80. The van der Waals surface area contributed by atoms with Crippen LogP contribution >= 0.6 is 35.7 Å². The van der Waals surface area contributed by atoms with Gasteiger partial charge in [0, 0.05) is 25.9 Å². The number of rotatable bonds is 7. The van der Waals surface area contributed by atoms with Crippen LogP contribution in [0.1, 0.15) is 5.56 Å². The molecule has 6 heteroatoms. The number of thioether (sulfide) groups is 1. The summed E-state index contributed by atoms with van der Waals surface area (Å²) in [5.74, 6) is 2.84. The van der Waals surface area contributed by atoms with Crippen molar-refractivity contribution in [2.45, 2.75) is 6.42 Å². The summed E-state index contributed by atoms with van der Waals surface area (Å²) in [6.07, 6.45) is 3.06. The zero-order chi connectivity index (χ0) is 13.9. The second-order valence-corrected chi connectivity index (χ2v) is 5.00. The van der Waals surface area contributed by atoms with E-state index in [0.717, 1.165) is 37.0 Å². The highest BCUT2D eigenvalue weighted by Gasteiger charge is 1.98. The van der Waals surface area contributed by atoms with E-state index in [0.29, 0.717) is 0 Å². The van der Waals surface area contributed by atoms with Crippen LogP contribution in [0.15, 0.2) is 29.3 Å². The number of nitrogens with zero attached hydrogens (tertiary/aromatic N) is 1. The molecule has 0 aliphatic carbocycles. The van der Waals surface area contributed by atoms with Crippen LogP contribution in [0.5, 0.6) is 5.75 Å². The highest BCUT2D eigenvalue weighted by atomic mass is 127. The Balaban J connectivity index is 0.00000361. The number of methoxy groups -OCH3 is 1. The Morgan fingerprint density at radius 1 is 1.20 bits per heavy atom. The highest BCUT2D eigenvalue weighted by Crippen LogP contribution is 2.11. The van der Waals surface area contributed by atoms with E-state index in [4.69, 9.17) is 4.74 Å². The topological polar surface area (TPSA) is 45.7 Å². The van der Waals surface area contributed by atoms with Crippen molar-refractivity contribution in [2.24, 2.45) is 4.99 Å². The molecule has 0 heterocycles. The predicted octanol–water partition coefficient (Wildman–Crippen LogP) is 2.38. The van der Waals surface area contributed by atoms with Crippen LogP contribution in [0, 0.1) is 0 Å². The number of nitrogens with one attached hydrogen (secondary N) is 2. The molecule has 1 rings (SSSR count). The van der Waals surface area contributed by atoms with Gasteiger partial charge in [-0.15, -0.1) is 24.0 Å². The van der Waals surface area contributed by atoms with Crippen molar-refractivity contribution in [3.63, 3.8) is 0 Å². The minimum atomic E-state index is 0. The van der Waals surface area contributed by atoms with Gasteiger partial charge in [0.15, 0.2) is 5.96 Å². The van der Waals surface area contributed by atoms with Crippen molar-refractivity contribution in [3.05, 3.63) is 29.8 Å². The van der Waals surface area contributed by atoms with Crippen LogP contribution in [0.25, 0.3) is 0 Å². The smallest absolute Gasteiger partial charge is 0.191 e. The lowest BCUT2D eigenvalue weighted by atomic mass is 10.1. The second-order valence-electron chi connectivity index (χ2n) is 4.02. The molecule has 0 unspecified atom stereocenters. The molecule has 0 fully saturated rings. The van der Waals surface area contributed by atoms with Crippen molar-refractivity contribution in [1.82, 2.24) is 10.6 Å². The van der Waals surface area contributed by atoms with E-state index >= 15 is 0 Å². The number of guanidine groups is 1. The van der Waals surface area contributed by atoms with E-state index in [9.17, 15) is 0 Å². The standard InChI is InChI=1S/C14H23N3OS.HI/c1-15-14(17-10-11-19-3)16-9-8-12-4-6-13(18-2)7-5-12;/h4-7H,8-11H2,1-3H3,(H2,15,16,17);1H. The Morgan fingerprint density at radius 3 is 2.40 bits per heavy atom. The fraction of sp³-hybridized carbons (Fsp3) is 0.500. The van der Waals surface area contributed by atoms with Gasteiger partial charge in [0.25, 0.3) is 0 Å². The van der Waals surface area contributed by atoms with Crippen LogP contribution in [-0.2, 0) is 6.42 Å². The molecule has 1 aromatic rings. The second kappa shape index (κ2) is 12.1. The molecular weight excluding hydrogens is 385 g/mol. The SMILES string of the molecule is CN=C(NCCSC)NCCc1ccc(OC)cc1.I. The average Bonchev–Trinajstić information content (AvgIpc) is 2.46. The normalized spacial score (nSPS) is 10.7. The van der Waals surface area contributed by atoms with Gasteiger partial charge in [-0.05, 0) is 30.4 Å². The molecule has 0 aliphatic rings. The maximum atomic E-state index is 5.14. The van der Waals surface area contributed by atoms with Crippen LogP contribution in [0.2, 0.25) is 0 Å². The summed E-state index contributed by atoms with van der Waals surface area (Å²) in [5, 5.41) is 6.58. The molecule has 0 radical (unpaired) electrons. The molecule has 0 atom stereocenters. The number of ether oxygens (including phenoxy) is 1. The molecule has 0 aliphatic heterocycles. The molecule has 0 saturated carbocycles. The van der Waals surface area contributed by atoms with Crippen LogP contribution < -0.4 is 15.4 Å². The molecule has 114 valence electrons. The fourth-order valence-corrected chi connectivity index (χ4v) is 1.92. The zero-order valence-corrected chi connectivity index (χ0v) is 15.5. The van der Waals surface area contributed by atoms with E-state index in [2.05, 4.69) is 34.0 Å². The lowest BCUT2D eigenvalue weighted by molar-refractivity contribution is 0.414. The molecular formula is C14H24IN3OS. The summed E-state index contributed by atoms with van der Waals surface area (Å²) < 4.78 is 5.14. The van der Waals surface area contributed by atoms with Crippen LogP contribution in [-0.4, -0.2) is 45.2 Å². The third-order valence-corrected chi connectivity index (χ3v) is 3.30. The van der Waals surface area contributed by atoms with Gasteiger partial charge >= 0.3 is 0 Å². The van der Waals surface area contributed by atoms with E-state index in [1.807, 2.05) is 23.9 Å². The Kier molecular flexibility index (Phi) is 11.8. The zero-order valence-electron chi connectivity index (χ0n) is 12.3. The first-order valence-corrected chi connectivity index (χ1v) is 7.76. The molecule has 1 aromatic carbocycles. The molecule has 0 saturated heterocycles. The van der Waals surface area contributed by atoms with Crippen molar-refractivity contribution >= 4 is 41.7 Å². The molecule has 0 spiro atoms. The molecule has 0 bridgehead atoms. The monoisotopic (exact) mass is 409 g/mol. The lowest BCUT2D eigenvalue weighted by Crippen LogP contribution is -2.39. The Morgan fingerprint density at radius 2 is 1.85 bits per heavy atom. The minimum absolute atomic E-state index is 0. The first-order valence-electron chi connectivity index (χ1n) is 6.36. The van der Waals surface area contributed by atoms with Crippen molar-refractivity contribution in [3.8, 4) is 5.75 Å². The van der Waals surface area contributed by atoms with Crippen molar-refractivity contribution in [1.29, 1.82) is 0 Å².